The van der Waals surface area contributed by atoms with Crippen molar-refractivity contribution in [2.75, 3.05) is 13.2 Å². The summed E-state index contributed by atoms with van der Waals surface area (Å²) in [6.07, 6.45) is -16.3. The number of hydrogen-bond donors (Lipinski definition) is 8. The monoisotopic (exact) mass is 578 g/mol. The van der Waals surface area contributed by atoms with Gasteiger partial charge in [-0.1, -0.05) is 0 Å². The number of hydrogen-bond acceptors (Lipinski definition) is 14. The standard InChI is InChI=1S/C13H25O19P3/c1-5(14)27-3-7(29-6(2)15)4-28-35(25,26)32-13-9(17)11(30-33(19,20)21)8(16)12(10(13)18)31-34(22,23)24/h7-13,16-18H,3-4H2,1-2H3,(H,25,26)(H2,19,20,21)(H2,22,23,24)/t7-,8?,9-,10-,11-,12+,13?/m1/s1. The van der Waals surface area contributed by atoms with E-state index in [2.05, 4.69) is 22.8 Å². The molecule has 1 aliphatic carbocycles. The number of phosphoric ester groups is 3. The first-order valence-electron chi connectivity index (χ1n) is 9.21. The van der Waals surface area contributed by atoms with E-state index in [0.29, 0.717) is 0 Å². The van der Waals surface area contributed by atoms with Crippen LogP contribution in [0.2, 0.25) is 0 Å². The van der Waals surface area contributed by atoms with Crippen molar-refractivity contribution < 1.29 is 90.6 Å². The van der Waals surface area contributed by atoms with E-state index in [1.807, 2.05) is 0 Å². The topological polar surface area (TPSA) is 303 Å². The molecule has 8 N–H and O–H groups in total. The van der Waals surface area contributed by atoms with Crippen LogP contribution in [-0.4, -0.2) is 108 Å². The van der Waals surface area contributed by atoms with E-state index in [4.69, 9.17) is 24.3 Å². The van der Waals surface area contributed by atoms with Crippen LogP contribution >= 0.6 is 23.5 Å². The van der Waals surface area contributed by atoms with Gasteiger partial charge in [-0.15, -0.1) is 0 Å². The van der Waals surface area contributed by atoms with Gasteiger partial charge in [-0.3, -0.25) is 27.7 Å². The van der Waals surface area contributed by atoms with Crippen molar-refractivity contribution in [1.82, 2.24) is 0 Å². The maximum Gasteiger partial charge on any atom is 0.472 e. The number of ether oxygens (including phenoxy) is 2. The van der Waals surface area contributed by atoms with Crippen LogP contribution in [0.15, 0.2) is 0 Å². The third-order valence-corrected chi connectivity index (χ3v) is 6.04. The lowest BCUT2D eigenvalue weighted by atomic mass is 9.85. The third kappa shape index (κ3) is 11.4. The first-order valence-corrected chi connectivity index (χ1v) is 13.8. The summed E-state index contributed by atoms with van der Waals surface area (Å²) in [5, 5.41) is 30.7. The predicted octanol–water partition coefficient (Wildman–Crippen LogP) is -2.96. The molecular weight excluding hydrogens is 553 g/mol. The van der Waals surface area contributed by atoms with Gasteiger partial charge >= 0.3 is 35.4 Å². The van der Waals surface area contributed by atoms with Gasteiger partial charge in [-0.25, -0.2) is 13.7 Å². The minimum absolute atomic E-state index is 0.619. The molecule has 0 heterocycles. The van der Waals surface area contributed by atoms with E-state index in [-0.39, 0.29) is 0 Å². The van der Waals surface area contributed by atoms with Gasteiger partial charge in [-0.2, -0.15) is 0 Å². The first kappa shape index (κ1) is 32.2. The number of aliphatic hydroxyl groups excluding tert-OH is 3. The molecule has 1 fully saturated rings. The third-order valence-electron chi connectivity index (χ3n) is 4.02. The summed E-state index contributed by atoms with van der Waals surface area (Å²) in [6, 6.07) is 0. The van der Waals surface area contributed by atoms with Crippen LogP contribution in [0, 0.1) is 0 Å². The van der Waals surface area contributed by atoms with E-state index in [1.165, 1.54) is 0 Å². The van der Waals surface area contributed by atoms with Gasteiger partial charge < -0.3 is 49.3 Å². The maximum absolute atomic E-state index is 12.4. The highest BCUT2D eigenvalue weighted by Gasteiger charge is 2.56. The van der Waals surface area contributed by atoms with Gasteiger partial charge in [0.1, 0.15) is 43.2 Å². The van der Waals surface area contributed by atoms with Crippen molar-refractivity contribution in [3.05, 3.63) is 0 Å². The van der Waals surface area contributed by atoms with Crippen LogP contribution in [0.1, 0.15) is 13.8 Å². The SMILES string of the molecule is CC(=O)OC[C@H](COP(=O)(O)OC1[C@H](O)[C@H](OP(=O)(O)O)C(O)[C@H](OP(=O)(O)O)[C@H]1O)OC(C)=O. The van der Waals surface area contributed by atoms with Crippen LogP contribution < -0.4 is 0 Å². The minimum Gasteiger partial charge on any atom is -0.462 e. The van der Waals surface area contributed by atoms with Gasteiger partial charge in [0.25, 0.3) is 0 Å². The van der Waals surface area contributed by atoms with Gasteiger partial charge in [-0.05, 0) is 0 Å². The number of aliphatic hydroxyl groups is 3. The highest BCUT2D eigenvalue weighted by atomic mass is 31.2. The summed E-state index contributed by atoms with van der Waals surface area (Å²) in [4.78, 5) is 67.9. The second-order valence-electron chi connectivity index (χ2n) is 6.96. The van der Waals surface area contributed by atoms with Gasteiger partial charge in [0.2, 0.25) is 0 Å². The van der Waals surface area contributed by atoms with Gasteiger partial charge in [0.15, 0.2) is 6.10 Å². The predicted molar refractivity (Wildman–Crippen MR) is 105 cm³/mol. The Morgan fingerprint density at radius 2 is 1.11 bits per heavy atom. The maximum atomic E-state index is 12.4. The fraction of sp³-hybridized carbons (Fsp3) is 0.846. The summed E-state index contributed by atoms with van der Waals surface area (Å²) in [5.74, 6) is -1.70. The van der Waals surface area contributed by atoms with E-state index < -0.39 is 91.3 Å². The molecule has 1 saturated carbocycles. The molecule has 3 unspecified atom stereocenters. The Bertz CT molecular complexity index is 843. The molecule has 206 valence electrons. The molecule has 0 aromatic heterocycles. The van der Waals surface area contributed by atoms with Gasteiger partial charge in [0.05, 0.1) is 6.61 Å². The minimum atomic E-state index is -5.50. The molecule has 0 radical (unpaired) electrons. The molecule has 22 heteroatoms. The Kier molecular flexibility index (Phi) is 11.6. The van der Waals surface area contributed by atoms with Crippen LogP contribution in [0.4, 0.5) is 0 Å². The number of rotatable bonds is 12. The molecule has 1 aliphatic rings. The second-order valence-corrected chi connectivity index (χ2v) is 10.8. The molecular formula is C13H25O19P3. The molecule has 35 heavy (non-hydrogen) atoms. The Labute approximate surface area is 196 Å². The van der Waals surface area contributed by atoms with Crippen LogP contribution in [-0.2, 0) is 50.9 Å². The quantitative estimate of drug-likeness (QED) is 0.0847. The van der Waals surface area contributed by atoms with Crippen LogP contribution in [0.5, 0.6) is 0 Å². The van der Waals surface area contributed by atoms with Crippen molar-refractivity contribution in [2.24, 2.45) is 0 Å². The molecule has 19 nitrogen and oxygen atoms in total. The van der Waals surface area contributed by atoms with E-state index in [1.54, 1.807) is 0 Å². The second kappa shape index (κ2) is 12.6. The average Bonchev–Trinajstić information content (AvgIpc) is 2.66. The highest BCUT2D eigenvalue weighted by Crippen LogP contribution is 2.50. The van der Waals surface area contributed by atoms with Crippen molar-refractivity contribution in [1.29, 1.82) is 0 Å². The van der Waals surface area contributed by atoms with E-state index >= 15 is 0 Å². The summed E-state index contributed by atoms with van der Waals surface area (Å²) < 4.78 is 61.5. The molecule has 0 bridgehead atoms. The lowest BCUT2D eigenvalue weighted by Crippen LogP contribution is -2.65. The summed E-state index contributed by atoms with van der Waals surface area (Å²) >= 11 is 0. The molecule has 1 rings (SSSR count). The average molecular weight is 578 g/mol. The van der Waals surface area contributed by atoms with E-state index in [9.17, 15) is 43.5 Å². The molecule has 8 atom stereocenters. The molecule has 0 amide bonds. The van der Waals surface area contributed by atoms with Crippen molar-refractivity contribution >= 4 is 35.4 Å². The van der Waals surface area contributed by atoms with Crippen LogP contribution in [0.3, 0.4) is 0 Å². The number of phosphoric acid groups is 3. The molecule has 0 aromatic carbocycles. The van der Waals surface area contributed by atoms with Crippen LogP contribution in [0.25, 0.3) is 0 Å². The number of esters is 2. The number of carbonyl (C=O) groups excluding carboxylic acids is 2. The molecule has 0 saturated heterocycles. The zero-order chi connectivity index (χ0) is 27.4. The van der Waals surface area contributed by atoms with E-state index in [0.717, 1.165) is 13.8 Å². The first-order chi connectivity index (χ1) is 15.7. The summed E-state index contributed by atoms with van der Waals surface area (Å²) in [7, 11) is -16.4. The van der Waals surface area contributed by atoms with Crippen molar-refractivity contribution in [3.8, 4) is 0 Å². The Hall–Kier alpha value is -0.850. The zero-order valence-corrected chi connectivity index (χ0v) is 20.5. The lowest BCUT2D eigenvalue weighted by Gasteiger charge is -2.44. The Morgan fingerprint density at radius 3 is 1.46 bits per heavy atom. The molecule has 0 aromatic rings. The summed E-state index contributed by atoms with van der Waals surface area (Å²) in [5.41, 5.74) is 0. The fourth-order valence-electron chi connectivity index (χ4n) is 2.78. The molecule has 0 spiro atoms. The van der Waals surface area contributed by atoms with Gasteiger partial charge in [0, 0.05) is 13.8 Å². The summed E-state index contributed by atoms with van der Waals surface area (Å²) in [6.45, 7) is 0.398. The smallest absolute Gasteiger partial charge is 0.462 e. The highest BCUT2D eigenvalue weighted by molar-refractivity contribution is 7.47. The number of carbonyl (C=O) groups is 2. The normalized spacial score (nSPS) is 30.2. The Balaban J connectivity index is 3.11. The van der Waals surface area contributed by atoms with Crippen molar-refractivity contribution in [3.63, 3.8) is 0 Å². The van der Waals surface area contributed by atoms with Crippen molar-refractivity contribution in [2.45, 2.75) is 56.6 Å². The zero-order valence-electron chi connectivity index (χ0n) is 17.9. The molecule has 0 aliphatic heterocycles. The largest absolute Gasteiger partial charge is 0.472 e. The Morgan fingerprint density at radius 1 is 0.714 bits per heavy atom. The fourth-order valence-corrected chi connectivity index (χ4v) is 4.89. The lowest BCUT2D eigenvalue weighted by molar-refractivity contribution is -0.213.